The van der Waals surface area contributed by atoms with Crippen LogP contribution in [0, 0.1) is 0 Å². The van der Waals surface area contributed by atoms with Gasteiger partial charge in [0.1, 0.15) is 5.75 Å². The van der Waals surface area contributed by atoms with E-state index in [4.69, 9.17) is 5.11 Å². The number of carboxylic acids is 1. The Morgan fingerprint density at radius 3 is 2.63 bits per heavy atom. The number of aromatic hydroxyl groups is 1. The fraction of sp³-hybridized carbons (Fsp3) is 0.0714. The summed E-state index contributed by atoms with van der Waals surface area (Å²) < 4.78 is 0.610. The van der Waals surface area contributed by atoms with Gasteiger partial charge in [0.25, 0.3) is 0 Å². The van der Waals surface area contributed by atoms with Crippen molar-refractivity contribution in [2.75, 3.05) is 5.32 Å². The summed E-state index contributed by atoms with van der Waals surface area (Å²) >= 11 is 3.24. The molecule has 0 aromatic heterocycles. The van der Waals surface area contributed by atoms with Gasteiger partial charge in [-0.2, -0.15) is 0 Å². The molecule has 98 valence electrons. The molecule has 0 aliphatic rings. The first-order valence-electron chi connectivity index (χ1n) is 5.61. The fourth-order valence-corrected chi connectivity index (χ4v) is 2.11. The number of para-hydroxylation sites is 1. The quantitative estimate of drug-likeness (QED) is 0.806. The SMILES string of the molecule is O=C(O)c1ccccc1NCc1ccc(O)c(Br)c1. The summed E-state index contributed by atoms with van der Waals surface area (Å²) in [4.78, 5) is 11.1. The van der Waals surface area contributed by atoms with Crippen LogP contribution in [0.25, 0.3) is 0 Å². The maximum atomic E-state index is 11.1. The summed E-state index contributed by atoms with van der Waals surface area (Å²) in [5.74, 6) is -0.787. The van der Waals surface area contributed by atoms with Crippen LogP contribution in [0.1, 0.15) is 15.9 Å². The molecule has 0 radical (unpaired) electrons. The number of nitrogens with one attached hydrogen (secondary N) is 1. The van der Waals surface area contributed by atoms with Crippen molar-refractivity contribution < 1.29 is 15.0 Å². The van der Waals surface area contributed by atoms with Gasteiger partial charge in [-0.25, -0.2) is 4.79 Å². The van der Waals surface area contributed by atoms with Crippen LogP contribution >= 0.6 is 15.9 Å². The molecule has 0 aliphatic carbocycles. The van der Waals surface area contributed by atoms with Gasteiger partial charge in [-0.3, -0.25) is 0 Å². The number of carboxylic acid groups (broad SMARTS) is 1. The highest BCUT2D eigenvalue weighted by atomic mass is 79.9. The number of benzene rings is 2. The normalized spacial score (nSPS) is 10.2. The average molecular weight is 322 g/mol. The first-order chi connectivity index (χ1) is 9.08. The molecule has 0 spiro atoms. The Bertz CT molecular complexity index is 613. The molecule has 0 amide bonds. The molecular formula is C14H12BrNO3. The second-order valence-corrected chi connectivity index (χ2v) is 4.84. The van der Waals surface area contributed by atoms with E-state index in [2.05, 4.69) is 21.2 Å². The van der Waals surface area contributed by atoms with E-state index in [0.29, 0.717) is 16.7 Å². The van der Waals surface area contributed by atoms with Crippen molar-refractivity contribution in [2.24, 2.45) is 0 Å². The minimum atomic E-state index is -0.963. The standard InChI is InChI=1S/C14H12BrNO3/c15-11-7-9(5-6-13(11)17)8-16-12-4-2-1-3-10(12)14(18)19/h1-7,16-17H,8H2,(H,18,19). The van der Waals surface area contributed by atoms with Gasteiger partial charge in [-0.05, 0) is 45.8 Å². The molecule has 2 rings (SSSR count). The minimum Gasteiger partial charge on any atom is -0.507 e. The number of anilines is 1. The summed E-state index contributed by atoms with van der Waals surface area (Å²) in [7, 11) is 0. The molecule has 0 bridgehead atoms. The predicted molar refractivity (Wildman–Crippen MR) is 76.5 cm³/mol. The number of hydrogen-bond acceptors (Lipinski definition) is 3. The largest absolute Gasteiger partial charge is 0.507 e. The third kappa shape index (κ3) is 3.26. The van der Waals surface area contributed by atoms with Crippen LogP contribution in [0.3, 0.4) is 0 Å². The highest BCUT2D eigenvalue weighted by molar-refractivity contribution is 9.10. The molecule has 5 heteroatoms. The molecule has 0 aliphatic heterocycles. The Labute approximate surface area is 118 Å². The number of hydrogen-bond donors (Lipinski definition) is 3. The van der Waals surface area contributed by atoms with Crippen molar-refractivity contribution in [3.05, 3.63) is 58.1 Å². The number of carbonyl (C=O) groups is 1. The molecule has 0 saturated carbocycles. The molecule has 2 aromatic carbocycles. The second-order valence-electron chi connectivity index (χ2n) is 3.99. The Hall–Kier alpha value is -2.01. The lowest BCUT2D eigenvalue weighted by Crippen LogP contribution is -2.06. The maximum Gasteiger partial charge on any atom is 0.337 e. The van der Waals surface area contributed by atoms with Crippen molar-refractivity contribution in [1.82, 2.24) is 0 Å². The summed E-state index contributed by atoms with van der Waals surface area (Å²) in [5.41, 5.74) is 1.74. The molecule has 0 saturated heterocycles. The first kappa shape index (κ1) is 13.4. The Morgan fingerprint density at radius 1 is 1.21 bits per heavy atom. The molecule has 3 N–H and O–H groups in total. The molecule has 0 fully saturated rings. The summed E-state index contributed by atoms with van der Waals surface area (Å²) in [6, 6.07) is 11.9. The van der Waals surface area contributed by atoms with E-state index in [0.717, 1.165) is 5.56 Å². The summed E-state index contributed by atoms with van der Waals surface area (Å²) in [6.45, 7) is 0.475. The molecule has 0 heterocycles. The highest BCUT2D eigenvalue weighted by Gasteiger charge is 2.08. The van der Waals surface area contributed by atoms with Gasteiger partial charge in [0, 0.05) is 12.2 Å². The van der Waals surface area contributed by atoms with Gasteiger partial charge in [-0.1, -0.05) is 18.2 Å². The van der Waals surface area contributed by atoms with E-state index in [-0.39, 0.29) is 11.3 Å². The number of aromatic carboxylic acids is 1. The number of rotatable bonds is 4. The Balaban J connectivity index is 2.14. The van der Waals surface area contributed by atoms with Crippen LogP contribution < -0.4 is 5.32 Å². The van der Waals surface area contributed by atoms with Gasteiger partial charge < -0.3 is 15.5 Å². The molecule has 0 atom stereocenters. The first-order valence-corrected chi connectivity index (χ1v) is 6.41. The van der Waals surface area contributed by atoms with E-state index in [1.807, 2.05) is 0 Å². The smallest absolute Gasteiger partial charge is 0.337 e. The Kier molecular flexibility index (Phi) is 4.06. The number of phenolic OH excluding ortho intramolecular Hbond substituents is 1. The van der Waals surface area contributed by atoms with Crippen LogP contribution in [-0.4, -0.2) is 16.2 Å². The third-order valence-corrected chi connectivity index (χ3v) is 3.29. The van der Waals surface area contributed by atoms with Crippen LogP contribution in [0.5, 0.6) is 5.75 Å². The van der Waals surface area contributed by atoms with Crippen LogP contribution in [0.15, 0.2) is 46.9 Å². The molecular weight excluding hydrogens is 310 g/mol. The van der Waals surface area contributed by atoms with Crippen LogP contribution in [0.4, 0.5) is 5.69 Å². The highest BCUT2D eigenvalue weighted by Crippen LogP contribution is 2.25. The second kappa shape index (κ2) is 5.75. The minimum absolute atomic E-state index is 0.176. The lowest BCUT2D eigenvalue weighted by atomic mass is 10.1. The molecule has 4 nitrogen and oxygen atoms in total. The lowest BCUT2D eigenvalue weighted by Gasteiger charge is -2.10. The number of halogens is 1. The fourth-order valence-electron chi connectivity index (χ4n) is 1.68. The zero-order chi connectivity index (χ0) is 13.8. The monoisotopic (exact) mass is 321 g/mol. The van der Waals surface area contributed by atoms with E-state index >= 15 is 0 Å². The van der Waals surface area contributed by atoms with Gasteiger partial charge in [0.05, 0.1) is 10.0 Å². The van der Waals surface area contributed by atoms with Crippen molar-refractivity contribution in [3.63, 3.8) is 0 Å². The van der Waals surface area contributed by atoms with Crippen molar-refractivity contribution in [3.8, 4) is 5.75 Å². The van der Waals surface area contributed by atoms with Gasteiger partial charge >= 0.3 is 5.97 Å². The van der Waals surface area contributed by atoms with Crippen molar-refractivity contribution >= 4 is 27.6 Å². The zero-order valence-electron chi connectivity index (χ0n) is 9.93. The van der Waals surface area contributed by atoms with Crippen LogP contribution in [0.2, 0.25) is 0 Å². The zero-order valence-corrected chi connectivity index (χ0v) is 11.5. The van der Waals surface area contributed by atoms with E-state index < -0.39 is 5.97 Å². The molecule has 0 unspecified atom stereocenters. The predicted octanol–water partition coefficient (Wildman–Crippen LogP) is 3.47. The topological polar surface area (TPSA) is 69.6 Å². The van der Waals surface area contributed by atoms with E-state index in [1.165, 1.54) is 0 Å². The van der Waals surface area contributed by atoms with Crippen molar-refractivity contribution in [2.45, 2.75) is 6.54 Å². The number of phenols is 1. The van der Waals surface area contributed by atoms with E-state index in [1.54, 1.807) is 42.5 Å². The summed E-state index contributed by atoms with van der Waals surface area (Å²) in [6.07, 6.45) is 0. The molecule has 2 aromatic rings. The van der Waals surface area contributed by atoms with Gasteiger partial charge in [0.2, 0.25) is 0 Å². The average Bonchev–Trinajstić information content (AvgIpc) is 2.40. The van der Waals surface area contributed by atoms with Crippen molar-refractivity contribution in [1.29, 1.82) is 0 Å². The molecule has 19 heavy (non-hydrogen) atoms. The van der Waals surface area contributed by atoms with Crippen LogP contribution in [-0.2, 0) is 6.54 Å². The lowest BCUT2D eigenvalue weighted by molar-refractivity contribution is 0.0698. The Morgan fingerprint density at radius 2 is 1.95 bits per heavy atom. The maximum absolute atomic E-state index is 11.1. The van der Waals surface area contributed by atoms with E-state index in [9.17, 15) is 9.90 Å². The summed E-state index contributed by atoms with van der Waals surface area (Å²) in [5, 5.41) is 21.5. The van der Waals surface area contributed by atoms with Gasteiger partial charge in [0.15, 0.2) is 0 Å². The third-order valence-electron chi connectivity index (χ3n) is 2.65. The van der Waals surface area contributed by atoms with Gasteiger partial charge in [-0.15, -0.1) is 0 Å².